The van der Waals surface area contributed by atoms with E-state index in [4.69, 9.17) is 0 Å². The van der Waals surface area contributed by atoms with E-state index in [0.29, 0.717) is 39.3 Å². The summed E-state index contributed by atoms with van der Waals surface area (Å²) in [6.45, 7) is 5.61. The number of benzene rings is 2. The van der Waals surface area contributed by atoms with Crippen LogP contribution in [0.15, 0.2) is 53.4 Å². The molecule has 2 aromatic rings. The standard InChI is InChI=1S/C22H27N3O2S/c1-17-8-9-19(28-2)14-20(17)22(27)25-12-10-24(11-13-25)16-21(26)23-15-18-6-4-3-5-7-18/h3-9,14H,10-13,15-16H2,1-2H3,(H,23,26). The molecule has 2 aromatic carbocycles. The smallest absolute Gasteiger partial charge is 0.254 e. The predicted octanol–water partition coefficient (Wildman–Crippen LogP) is 2.79. The molecule has 0 aliphatic carbocycles. The number of nitrogens with zero attached hydrogens (tertiary/aromatic N) is 2. The number of amides is 2. The molecule has 0 spiro atoms. The maximum absolute atomic E-state index is 12.9. The Labute approximate surface area is 171 Å². The molecule has 148 valence electrons. The van der Waals surface area contributed by atoms with Crippen molar-refractivity contribution >= 4 is 23.6 Å². The highest BCUT2D eigenvalue weighted by atomic mass is 32.2. The second-order valence-corrected chi connectivity index (χ2v) is 7.89. The minimum Gasteiger partial charge on any atom is -0.351 e. The van der Waals surface area contributed by atoms with Gasteiger partial charge in [-0.2, -0.15) is 0 Å². The van der Waals surface area contributed by atoms with Crippen molar-refractivity contribution in [1.82, 2.24) is 15.1 Å². The van der Waals surface area contributed by atoms with Gasteiger partial charge in [0.25, 0.3) is 5.91 Å². The van der Waals surface area contributed by atoms with Crippen LogP contribution in [0.2, 0.25) is 0 Å². The number of carbonyl (C=O) groups is 2. The number of piperazine rings is 1. The first-order valence-electron chi connectivity index (χ1n) is 9.53. The van der Waals surface area contributed by atoms with E-state index in [0.717, 1.165) is 21.6 Å². The summed E-state index contributed by atoms with van der Waals surface area (Å²) in [5, 5.41) is 2.96. The molecule has 0 saturated carbocycles. The molecule has 1 aliphatic heterocycles. The number of aryl methyl sites for hydroxylation is 1. The lowest BCUT2D eigenvalue weighted by Crippen LogP contribution is -2.51. The van der Waals surface area contributed by atoms with Crippen LogP contribution in [0.5, 0.6) is 0 Å². The molecular weight excluding hydrogens is 370 g/mol. The fourth-order valence-electron chi connectivity index (χ4n) is 3.29. The molecule has 0 atom stereocenters. The third-order valence-corrected chi connectivity index (χ3v) is 5.76. The zero-order valence-corrected chi connectivity index (χ0v) is 17.3. The molecule has 0 radical (unpaired) electrons. The molecule has 5 nitrogen and oxygen atoms in total. The number of hydrogen-bond acceptors (Lipinski definition) is 4. The number of thioether (sulfide) groups is 1. The second-order valence-electron chi connectivity index (χ2n) is 7.01. The Balaban J connectivity index is 1.47. The lowest BCUT2D eigenvalue weighted by Gasteiger charge is -2.34. The number of rotatable bonds is 6. The summed E-state index contributed by atoms with van der Waals surface area (Å²) in [5.41, 5.74) is 2.88. The van der Waals surface area contributed by atoms with Crippen molar-refractivity contribution in [3.05, 3.63) is 65.2 Å². The largest absolute Gasteiger partial charge is 0.351 e. The number of hydrogen-bond donors (Lipinski definition) is 1. The molecular formula is C22H27N3O2S. The van der Waals surface area contributed by atoms with E-state index in [-0.39, 0.29) is 11.8 Å². The van der Waals surface area contributed by atoms with Crippen LogP contribution in [-0.2, 0) is 11.3 Å². The zero-order chi connectivity index (χ0) is 19.9. The maximum Gasteiger partial charge on any atom is 0.254 e. The minimum absolute atomic E-state index is 0.0205. The molecule has 1 fully saturated rings. The molecule has 2 amide bonds. The SMILES string of the molecule is CSc1ccc(C)c(C(=O)N2CCN(CC(=O)NCc3ccccc3)CC2)c1. The third-order valence-electron chi connectivity index (χ3n) is 5.03. The Hall–Kier alpha value is -2.31. The van der Waals surface area contributed by atoms with Gasteiger partial charge in [-0.3, -0.25) is 14.5 Å². The van der Waals surface area contributed by atoms with E-state index < -0.39 is 0 Å². The first kappa shape index (κ1) is 20.4. The van der Waals surface area contributed by atoms with Gasteiger partial charge in [-0.1, -0.05) is 36.4 Å². The lowest BCUT2D eigenvalue weighted by molar-refractivity contribution is -0.122. The number of nitrogens with one attached hydrogen (secondary N) is 1. The van der Waals surface area contributed by atoms with Gasteiger partial charge in [-0.15, -0.1) is 11.8 Å². The van der Waals surface area contributed by atoms with Crippen molar-refractivity contribution in [2.75, 3.05) is 39.0 Å². The van der Waals surface area contributed by atoms with Gasteiger partial charge in [0.2, 0.25) is 5.91 Å². The van der Waals surface area contributed by atoms with Crippen LogP contribution in [0, 0.1) is 6.92 Å². The minimum atomic E-state index is 0.0205. The Bertz CT molecular complexity index is 818. The van der Waals surface area contributed by atoms with Crippen molar-refractivity contribution in [2.45, 2.75) is 18.4 Å². The van der Waals surface area contributed by atoms with E-state index in [9.17, 15) is 9.59 Å². The van der Waals surface area contributed by atoms with E-state index in [1.54, 1.807) is 11.8 Å². The summed E-state index contributed by atoms with van der Waals surface area (Å²) in [6.07, 6.45) is 2.01. The fraction of sp³-hybridized carbons (Fsp3) is 0.364. The first-order valence-corrected chi connectivity index (χ1v) is 10.8. The topological polar surface area (TPSA) is 52.7 Å². The van der Waals surface area contributed by atoms with Crippen LogP contribution in [0.3, 0.4) is 0 Å². The molecule has 3 rings (SSSR count). The Morgan fingerprint density at radius 1 is 1.04 bits per heavy atom. The van der Waals surface area contributed by atoms with Crippen LogP contribution in [0.4, 0.5) is 0 Å². The van der Waals surface area contributed by atoms with E-state index in [1.165, 1.54) is 0 Å². The lowest BCUT2D eigenvalue weighted by atomic mass is 10.1. The van der Waals surface area contributed by atoms with Crippen molar-refractivity contribution in [3.8, 4) is 0 Å². The summed E-state index contributed by atoms with van der Waals surface area (Å²) >= 11 is 1.64. The predicted molar refractivity (Wildman–Crippen MR) is 114 cm³/mol. The van der Waals surface area contributed by atoms with Crippen molar-refractivity contribution in [1.29, 1.82) is 0 Å². The van der Waals surface area contributed by atoms with Crippen LogP contribution in [0.1, 0.15) is 21.5 Å². The maximum atomic E-state index is 12.9. The molecule has 0 unspecified atom stereocenters. The van der Waals surface area contributed by atoms with E-state index >= 15 is 0 Å². The summed E-state index contributed by atoms with van der Waals surface area (Å²) in [6, 6.07) is 15.9. The highest BCUT2D eigenvalue weighted by molar-refractivity contribution is 7.98. The molecule has 28 heavy (non-hydrogen) atoms. The van der Waals surface area contributed by atoms with Gasteiger partial charge in [-0.25, -0.2) is 0 Å². The average Bonchev–Trinajstić information content (AvgIpc) is 2.73. The van der Waals surface area contributed by atoms with E-state index in [2.05, 4.69) is 10.2 Å². The number of carbonyl (C=O) groups excluding carboxylic acids is 2. The van der Waals surface area contributed by atoms with Crippen molar-refractivity contribution in [3.63, 3.8) is 0 Å². The van der Waals surface area contributed by atoms with Crippen LogP contribution >= 0.6 is 11.8 Å². The van der Waals surface area contributed by atoms with Crippen LogP contribution in [0.25, 0.3) is 0 Å². The first-order chi connectivity index (χ1) is 13.6. The van der Waals surface area contributed by atoms with Gasteiger partial charge in [0, 0.05) is 43.2 Å². The molecule has 1 N–H and O–H groups in total. The van der Waals surface area contributed by atoms with Gasteiger partial charge >= 0.3 is 0 Å². The Morgan fingerprint density at radius 3 is 2.43 bits per heavy atom. The van der Waals surface area contributed by atoms with Gasteiger partial charge < -0.3 is 10.2 Å². The normalized spacial score (nSPS) is 14.7. The zero-order valence-electron chi connectivity index (χ0n) is 16.5. The van der Waals surface area contributed by atoms with Gasteiger partial charge in [-0.05, 0) is 36.4 Å². The Morgan fingerprint density at radius 2 is 1.75 bits per heavy atom. The summed E-state index contributed by atoms with van der Waals surface area (Å²) in [5.74, 6) is 0.105. The quantitative estimate of drug-likeness (QED) is 0.762. The summed E-state index contributed by atoms with van der Waals surface area (Å²) < 4.78 is 0. The van der Waals surface area contributed by atoms with Crippen LogP contribution in [-0.4, -0.2) is 60.6 Å². The van der Waals surface area contributed by atoms with Gasteiger partial charge in [0.05, 0.1) is 6.54 Å². The van der Waals surface area contributed by atoms with Gasteiger partial charge in [0.1, 0.15) is 0 Å². The average molecular weight is 398 g/mol. The van der Waals surface area contributed by atoms with Crippen LogP contribution < -0.4 is 5.32 Å². The molecule has 0 aromatic heterocycles. The second kappa shape index (κ2) is 9.75. The summed E-state index contributed by atoms with van der Waals surface area (Å²) in [4.78, 5) is 30.2. The fourth-order valence-corrected chi connectivity index (χ4v) is 3.73. The summed E-state index contributed by atoms with van der Waals surface area (Å²) in [7, 11) is 0. The highest BCUT2D eigenvalue weighted by Crippen LogP contribution is 2.21. The third kappa shape index (κ3) is 5.36. The molecule has 0 bridgehead atoms. The monoisotopic (exact) mass is 397 g/mol. The Kier molecular flexibility index (Phi) is 7.12. The van der Waals surface area contributed by atoms with Crippen molar-refractivity contribution in [2.24, 2.45) is 0 Å². The molecule has 6 heteroatoms. The van der Waals surface area contributed by atoms with Crippen molar-refractivity contribution < 1.29 is 9.59 Å². The molecule has 1 heterocycles. The van der Waals surface area contributed by atoms with E-state index in [1.807, 2.05) is 66.6 Å². The van der Waals surface area contributed by atoms with Gasteiger partial charge in [0.15, 0.2) is 0 Å². The molecule has 1 aliphatic rings. The molecule has 1 saturated heterocycles. The highest BCUT2D eigenvalue weighted by Gasteiger charge is 2.24.